The van der Waals surface area contributed by atoms with Crippen molar-refractivity contribution in [1.29, 1.82) is 0 Å². The van der Waals surface area contributed by atoms with Crippen LogP contribution in [0.2, 0.25) is 0 Å². The lowest BCUT2D eigenvalue weighted by molar-refractivity contribution is 0.0747. The Hall–Kier alpha value is -1.76. The topological polar surface area (TPSA) is 40.5 Å². The van der Waals surface area contributed by atoms with Crippen molar-refractivity contribution >= 4 is 47.8 Å². The third-order valence-corrected chi connectivity index (χ3v) is 7.54. The smallest absolute Gasteiger partial charge is 0.141 e. The maximum absolute atomic E-state index is 12.3. The summed E-state index contributed by atoms with van der Waals surface area (Å²) >= 11 is 10.5. The molecule has 0 saturated heterocycles. The van der Waals surface area contributed by atoms with Crippen molar-refractivity contribution in [1.82, 2.24) is 0 Å². The molecule has 0 saturated carbocycles. The minimum atomic E-state index is -1.42. The van der Waals surface area contributed by atoms with Gasteiger partial charge in [0.2, 0.25) is 0 Å². The summed E-state index contributed by atoms with van der Waals surface area (Å²) in [6.07, 6.45) is 0. The van der Waals surface area contributed by atoms with Crippen molar-refractivity contribution < 1.29 is 10.2 Å². The van der Waals surface area contributed by atoms with Gasteiger partial charge in [-0.3, -0.25) is 0 Å². The Morgan fingerprint density at radius 2 is 0.839 bits per heavy atom. The Morgan fingerprint density at radius 1 is 0.452 bits per heavy atom. The fourth-order valence-electron chi connectivity index (χ4n) is 4.54. The maximum Gasteiger partial charge on any atom is 0.141 e. The van der Waals surface area contributed by atoms with Gasteiger partial charge in [0.1, 0.15) is 11.2 Å². The highest BCUT2D eigenvalue weighted by atomic mass is 79.9. The third-order valence-electron chi connectivity index (χ3n) is 5.99. The van der Waals surface area contributed by atoms with Gasteiger partial charge < -0.3 is 10.2 Å². The van der Waals surface area contributed by atoms with Crippen molar-refractivity contribution in [3.05, 3.63) is 138 Å². The van der Waals surface area contributed by atoms with E-state index in [0.29, 0.717) is 22.3 Å². The molecule has 2 unspecified atom stereocenters. The molecule has 0 amide bonds. The number of benzene rings is 4. The van der Waals surface area contributed by atoms with Crippen LogP contribution < -0.4 is 0 Å². The van der Waals surface area contributed by atoms with Gasteiger partial charge in [0.15, 0.2) is 0 Å². The first-order valence-corrected chi connectivity index (χ1v) is 12.1. The molecule has 0 heterocycles. The second kappa shape index (κ2) is 7.68. The molecule has 2 atom stereocenters. The number of rotatable bonds is 2. The van der Waals surface area contributed by atoms with Crippen LogP contribution in [0.3, 0.4) is 0 Å². The Kier molecular flexibility index (Phi) is 5.23. The average Bonchev–Trinajstić information content (AvgIpc) is 2.78. The molecule has 2 N–H and O–H groups in total. The molecule has 1 aliphatic rings. The normalized spacial score (nSPS) is 22.0. The molecule has 0 aromatic heterocycles. The minimum absolute atomic E-state index is 0.647. The Morgan fingerprint density at radius 3 is 1.32 bits per heavy atom. The van der Waals surface area contributed by atoms with Gasteiger partial charge in [0.05, 0.1) is 0 Å². The number of hydrogen-bond acceptors (Lipinski definition) is 2. The third kappa shape index (κ3) is 3.18. The first-order valence-electron chi connectivity index (χ1n) is 9.72. The zero-order valence-corrected chi connectivity index (χ0v) is 20.9. The van der Waals surface area contributed by atoms with E-state index in [1.54, 1.807) is 0 Å². The minimum Gasteiger partial charge on any atom is -0.376 e. The Bertz CT molecular complexity index is 1290. The molecule has 5 heteroatoms. The van der Waals surface area contributed by atoms with Crippen molar-refractivity contribution in [2.75, 3.05) is 0 Å². The molecule has 2 nitrogen and oxygen atoms in total. The first-order chi connectivity index (χ1) is 14.8. The van der Waals surface area contributed by atoms with Gasteiger partial charge in [-0.15, -0.1) is 0 Å². The molecule has 0 bridgehead atoms. The average molecular weight is 601 g/mol. The molecule has 4 aromatic carbocycles. The molecule has 0 aliphatic heterocycles. The fraction of sp³-hybridized carbons (Fsp3) is 0.0769. The van der Waals surface area contributed by atoms with Gasteiger partial charge >= 0.3 is 0 Å². The van der Waals surface area contributed by atoms with Crippen LogP contribution in [0.15, 0.2) is 104 Å². The highest BCUT2D eigenvalue weighted by Crippen LogP contribution is 2.53. The van der Waals surface area contributed by atoms with E-state index in [2.05, 4.69) is 47.8 Å². The van der Waals surface area contributed by atoms with E-state index in [-0.39, 0.29) is 0 Å². The molecule has 31 heavy (non-hydrogen) atoms. The van der Waals surface area contributed by atoms with Crippen LogP contribution in [-0.2, 0) is 11.2 Å². The fourth-order valence-corrected chi connectivity index (χ4v) is 5.43. The van der Waals surface area contributed by atoms with Gasteiger partial charge in [-0.2, -0.15) is 0 Å². The zero-order valence-electron chi connectivity index (χ0n) is 16.2. The first kappa shape index (κ1) is 21.1. The van der Waals surface area contributed by atoms with Crippen LogP contribution in [-0.4, -0.2) is 10.2 Å². The van der Waals surface area contributed by atoms with Crippen LogP contribution in [0, 0.1) is 0 Å². The lowest BCUT2D eigenvalue weighted by Crippen LogP contribution is -2.44. The van der Waals surface area contributed by atoms with E-state index in [4.69, 9.17) is 0 Å². The quantitative estimate of drug-likeness (QED) is 0.264. The van der Waals surface area contributed by atoms with Crippen LogP contribution >= 0.6 is 47.8 Å². The molecule has 1 aliphatic carbocycles. The summed E-state index contributed by atoms with van der Waals surface area (Å²) in [6, 6.07) is 28.6. The van der Waals surface area contributed by atoms with E-state index in [9.17, 15) is 10.2 Å². The SMILES string of the molecule is OC1(c2ccc(Br)cc2)c2ccccc2C(O)(c2ccc(Br)cc2)c2cc(Br)ccc21. The molecule has 0 fully saturated rings. The van der Waals surface area contributed by atoms with Crippen LogP contribution in [0.5, 0.6) is 0 Å². The van der Waals surface area contributed by atoms with Gasteiger partial charge in [-0.05, 0) is 64.2 Å². The summed E-state index contributed by atoms with van der Waals surface area (Å²) in [6.45, 7) is 0. The zero-order chi connectivity index (χ0) is 21.8. The summed E-state index contributed by atoms with van der Waals surface area (Å²) in [4.78, 5) is 0. The summed E-state index contributed by atoms with van der Waals surface area (Å²) in [5.74, 6) is 0. The number of aliphatic hydroxyl groups is 2. The lowest BCUT2D eigenvalue weighted by atomic mass is 9.63. The molecule has 5 rings (SSSR count). The van der Waals surface area contributed by atoms with E-state index in [1.807, 2.05) is 91.0 Å². The summed E-state index contributed by atoms with van der Waals surface area (Å²) in [5, 5.41) is 24.6. The highest BCUT2D eigenvalue weighted by molar-refractivity contribution is 9.11. The van der Waals surface area contributed by atoms with E-state index >= 15 is 0 Å². The van der Waals surface area contributed by atoms with Gasteiger partial charge in [-0.25, -0.2) is 0 Å². The second-order valence-corrected chi connectivity index (χ2v) is 10.4. The van der Waals surface area contributed by atoms with Crippen LogP contribution in [0.1, 0.15) is 33.4 Å². The van der Waals surface area contributed by atoms with E-state index < -0.39 is 11.2 Å². The van der Waals surface area contributed by atoms with Crippen LogP contribution in [0.4, 0.5) is 0 Å². The molecular formula is C26H17Br3O2. The van der Waals surface area contributed by atoms with Gasteiger partial charge in [0, 0.05) is 19.0 Å². The molecule has 154 valence electrons. The van der Waals surface area contributed by atoms with Crippen LogP contribution in [0.25, 0.3) is 0 Å². The van der Waals surface area contributed by atoms with Gasteiger partial charge in [0.25, 0.3) is 0 Å². The molecule has 4 aromatic rings. The summed E-state index contributed by atoms with van der Waals surface area (Å²) < 4.78 is 2.70. The predicted octanol–water partition coefficient (Wildman–Crippen LogP) is 6.86. The van der Waals surface area contributed by atoms with Gasteiger partial charge in [-0.1, -0.05) is 102 Å². The monoisotopic (exact) mass is 598 g/mol. The second-order valence-electron chi connectivity index (χ2n) is 7.67. The number of fused-ring (bicyclic) bond motifs is 2. The maximum atomic E-state index is 12.3. The molecular weight excluding hydrogens is 584 g/mol. The lowest BCUT2D eigenvalue weighted by Gasteiger charge is -2.45. The van der Waals surface area contributed by atoms with Crippen molar-refractivity contribution in [2.24, 2.45) is 0 Å². The van der Waals surface area contributed by atoms with Crippen molar-refractivity contribution in [3.8, 4) is 0 Å². The van der Waals surface area contributed by atoms with E-state index in [1.165, 1.54) is 0 Å². The standard InChI is InChI=1S/C26H17Br3O2/c27-18-9-5-16(6-10-18)25(30)21-3-1-2-4-22(21)26(31,17-7-11-19(28)12-8-17)24-15-20(29)13-14-23(24)25/h1-15,30-31H. The highest BCUT2D eigenvalue weighted by Gasteiger charge is 2.50. The number of hydrogen-bond donors (Lipinski definition) is 2. The van der Waals surface area contributed by atoms with E-state index in [0.717, 1.165) is 24.5 Å². The molecule has 0 radical (unpaired) electrons. The number of halogens is 3. The largest absolute Gasteiger partial charge is 0.376 e. The van der Waals surface area contributed by atoms with Crippen molar-refractivity contribution in [3.63, 3.8) is 0 Å². The van der Waals surface area contributed by atoms with Crippen molar-refractivity contribution in [2.45, 2.75) is 11.2 Å². The molecule has 0 spiro atoms. The summed E-state index contributed by atoms with van der Waals surface area (Å²) in [5.41, 5.74) is 1.28. The Labute approximate surface area is 206 Å². The summed E-state index contributed by atoms with van der Waals surface area (Å²) in [7, 11) is 0. The Balaban J connectivity index is 1.89. The predicted molar refractivity (Wildman–Crippen MR) is 133 cm³/mol.